The number of carbonyl (C=O) groups excluding carboxylic acids is 1. The van der Waals surface area contributed by atoms with E-state index in [1.54, 1.807) is 4.90 Å². The van der Waals surface area contributed by atoms with E-state index < -0.39 is 0 Å². The lowest BCUT2D eigenvalue weighted by Crippen LogP contribution is -2.33. The lowest BCUT2D eigenvalue weighted by molar-refractivity contribution is -0.130. The molecule has 1 rings (SSSR count). The summed E-state index contributed by atoms with van der Waals surface area (Å²) >= 11 is 0. The van der Waals surface area contributed by atoms with Crippen LogP contribution >= 0.6 is 0 Å². The monoisotopic (exact) mass is 200 g/mol. The van der Waals surface area contributed by atoms with Crippen molar-refractivity contribution >= 4 is 5.91 Å². The predicted octanol–water partition coefficient (Wildman–Crippen LogP) is -0.0323. The van der Waals surface area contributed by atoms with Gasteiger partial charge >= 0.3 is 0 Å². The molecule has 1 aliphatic heterocycles. The van der Waals surface area contributed by atoms with Crippen molar-refractivity contribution in [2.75, 3.05) is 19.6 Å². The van der Waals surface area contributed by atoms with Crippen molar-refractivity contribution < 1.29 is 9.90 Å². The van der Waals surface area contributed by atoms with Gasteiger partial charge in [0.15, 0.2) is 0 Å². The maximum Gasteiger partial charge on any atom is 0.223 e. The third kappa shape index (κ3) is 3.64. The molecule has 0 aromatic heterocycles. The standard InChI is InChI=1S/C10H20N2O2/c1-8(2)11-5-3-10(14)12-6-4-9(13)7-12/h8-9,11,13H,3-7H2,1-2H3/t9-/m1/s1. The first kappa shape index (κ1) is 11.5. The van der Waals surface area contributed by atoms with Crippen molar-refractivity contribution in [3.8, 4) is 0 Å². The van der Waals surface area contributed by atoms with Crippen molar-refractivity contribution in [3.63, 3.8) is 0 Å². The lowest BCUT2D eigenvalue weighted by atomic mass is 10.3. The van der Waals surface area contributed by atoms with Gasteiger partial charge in [0.2, 0.25) is 5.91 Å². The summed E-state index contributed by atoms with van der Waals surface area (Å²) < 4.78 is 0. The summed E-state index contributed by atoms with van der Waals surface area (Å²) in [7, 11) is 0. The summed E-state index contributed by atoms with van der Waals surface area (Å²) in [5, 5.41) is 12.5. The highest BCUT2D eigenvalue weighted by Crippen LogP contribution is 2.09. The lowest BCUT2D eigenvalue weighted by Gasteiger charge is -2.16. The molecular formula is C10H20N2O2. The molecule has 0 bridgehead atoms. The largest absolute Gasteiger partial charge is 0.391 e. The number of likely N-dealkylation sites (tertiary alicyclic amines) is 1. The van der Waals surface area contributed by atoms with Gasteiger partial charge in [-0.25, -0.2) is 0 Å². The van der Waals surface area contributed by atoms with Gasteiger partial charge in [-0.1, -0.05) is 13.8 Å². The molecule has 1 fully saturated rings. The van der Waals surface area contributed by atoms with Crippen LogP contribution in [0.25, 0.3) is 0 Å². The van der Waals surface area contributed by atoms with Gasteiger partial charge in [-0.15, -0.1) is 0 Å². The Labute approximate surface area is 85.3 Å². The van der Waals surface area contributed by atoms with E-state index in [4.69, 9.17) is 0 Å². The number of nitrogens with zero attached hydrogens (tertiary/aromatic N) is 1. The van der Waals surface area contributed by atoms with Crippen molar-refractivity contribution in [1.82, 2.24) is 10.2 Å². The molecule has 1 atom stereocenters. The number of rotatable bonds is 4. The fourth-order valence-corrected chi connectivity index (χ4v) is 1.59. The average Bonchev–Trinajstić information content (AvgIpc) is 2.51. The van der Waals surface area contributed by atoms with Crippen molar-refractivity contribution in [3.05, 3.63) is 0 Å². The van der Waals surface area contributed by atoms with Crippen LogP contribution in [0.15, 0.2) is 0 Å². The zero-order valence-corrected chi connectivity index (χ0v) is 8.99. The fraction of sp³-hybridized carbons (Fsp3) is 0.900. The number of hydrogen-bond donors (Lipinski definition) is 2. The zero-order valence-electron chi connectivity index (χ0n) is 8.99. The summed E-state index contributed by atoms with van der Waals surface area (Å²) in [6.07, 6.45) is 0.950. The van der Waals surface area contributed by atoms with E-state index >= 15 is 0 Å². The van der Waals surface area contributed by atoms with E-state index in [2.05, 4.69) is 19.2 Å². The van der Waals surface area contributed by atoms with E-state index in [-0.39, 0.29) is 12.0 Å². The minimum atomic E-state index is -0.308. The predicted molar refractivity (Wildman–Crippen MR) is 55.0 cm³/mol. The molecule has 0 spiro atoms. The first-order valence-corrected chi connectivity index (χ1v) is 5.29. The Kier molecular flexibility index (Phi) is 4.35. The van der Waals surface area contributed by atoms with Gasteiger partial charge in [0, 0.05) is 32.1 Å². The molecular weight excluding hydrogens is 180 g/mol. The number of carbonyl (C=O) groups is 1. The second-order valence-electron chi connectivity index (χ2n) is 4.14. The van der Waals surface area contributed by atoms with Crippen LogP contribution in [0.4, 0.5) is 0 Å². The van der Waals surface area contributed by atoms with Crippen LogP contribution in [0.2, 0.25) is 0 Å². The molecule has 0 unspecified atom stereocenters. The third-order valence-electron chi connectivity index (χ3n) is 2.41. The summed E-state index contributed by atoms with van der Waals surface area (Å²) in [6.45, 7) is 6.07. The van der Waals surface area contributed by atoms with Gasteiger partial charge in [-0.2, -0.15) is 0 Å². The highest BCUT2D eigenvalue weighted by Gasteiger charge is 2.23. The number of nitrogens with one attached hydrogen (secondary N) is 1. The van der Waals surface area contributed by atoms with E-state index in [1.165, 1.54) is 0 Å². The van der Waals surface area contributed by atoms with Crippen molar-refractivity contribution in [2.24, 2.45) is 0 Å². The van der Waals surface area contributed by atoms with Crippen LogP contribution in [-0.2, 0) is 4.79 Å². The van der Waals surface area contributed by atoms with Gasteiger partial charge in [0.1, 0.15) is 0 Å². The van der Waals surface area contributed by atoms with Gasteiger partial charge in [-0.05, 0) is 6.42 Å². The highest BCUT2D eigenvalue weighted by molar-refractivity contribution is 5.76. The summed E-state index contributed by atoms with van der Waals surface area (Å²) in [5.41, 5.74) is 0. The molecule has 1 saturated heterocycles. The molecule has 1 aliphatic rings. The number of aliphatic hydroxyl groups is 1. The molecule has 1 amide bonds. The first-order chi connectivity index (χ1) is 6.59. The Morgan fingerprint density at radius 1 is 1.64 bits per heavy atom. The van der Waals surface area contributed by atoms with Crippen LogP contribution in [0.5, 0.6) is 0 Å². The SMILES string of the molecule is CC(C)NCCC(=O)N1CC[C@@H](O)C1. The van der Waals surface area contributed by atoms with Gasteiger partial charge < -0.3 is 15.3 Å². The van der Waals surface area contributed by atoms with E-state index in [0.29, 0.717) is 25.6 Å². The van der Waals surface area contributed by atoms with Gasteiger partial charge in [0.05, 0.1) is 6.10 Å². The van der Waals surface area contributed by atoms with Crippen LogP contribution in [-0.4, -0.2) is 47.7 Å². The van der Waals surface area contributed by atoms with E-state index in [9.17, 15) is 9.90 Å². The van der Waals surface area contributed by atoms with E-state index in [0.717, 1.165) is 13.0 Å². The van der Waals surface area contributed by atoms with E-state index in [1.807, 2.05) is 0 Å². The molecule has 0 aliphatic carbocycles. The van der Waals surface area contributed by atoms with Crippen LogP contribution in [0, 0.1) is 0 Å². The molecule has 0 aromatic carbocycles. The molecule has 4 nitrogen and oxygen atoms in total. The molecule has 2 N–H and O–H groups in total. The normalized spacial score (nSPS) is 22.0. The Balaban J connectivity index is 2.15. The van der Waals surface area contributed by atoms with Crippen LogP contribution in [0.3, 0.4) is 0 Å². The highest BCUT2D eigenvalue weighted by atomic mass is 16.3. The van der Waals surface area contributed by atoms with Crippen molar-refractivity contribution in [1.29, 1.82) is 0 Å². The molecule has 0 saturated carbocycles. The summed E-state index contributed by atoms with van der Waals surface area (Å²) in [4.78, 5) is 13.3. The number of hydrogen-bond acceptors (Lipinski definition) is 3. The molecule has 14 heavy (non-hydrogen) atoms. The molecule has 1 heterocycles. The Bertz CT molecular complexity index is 195. The number of aliphatic hydroxyl groups excluding tert-OH is 1. The Hall–Kier alpha value is -0.610. The number of amides is 1. The topological polar surface area (TPSA) is 52.6 Å². The molecule has 0 aromatic rings. The fourth-order valence-electron chi connectivity index (χ4n) is 1.59. The Morgan fingerprint density at radius 2 is 2.36 bits per heavy atom. The minimum Gasteiger partial charge on any atom is -0.391 e. The summed E-state index contributed by atoms with van der Waals surface area (Å²) in [6, 6.07) is 0.423. The summed E-state index contributed by atoms with van der Waals surface area (Å²) in [5.74, 6) is 0.148. The van der Waals surface area contributed by atoms with Gasteiger partial charge in [0.25, 0.3) is 0 Å². The smallest absolute Gasteiger partial charge is 0.223 e. The zero-order chi connectivity index (χ0) is 10.6. The molecule has 0 radical (unpaired) electrons. The Morgan fingerprint density at radius 3 is 2.86 bits per heavy atom. The molecule has 82 valence electrons. The van der Waals surface area contributed by atoms with Gasteiger partial charge in [-0.3, -0.25) is 4.79 Å². The average molecular weight is 200 g/mol. The first-order valence-electron chi connectivity index (χ1n) is 5.29. The molecule has 4 heteroatoms. The van der Waals surface area contributed by atoms with Crippen LogP contribution in [0.1, 0.15) is 26.7 Å². The quantitative estimate of drug-likeness (QED) is 0.670. The van der Waals surface area contributed by atoms with Crippen molar-refractivity contribution in [2.45, 2.75) is 38.8 Å². The minimum absolute atomic E-state index is 0.148. The number of β-amino-alcohol motifs (C(OH)–C–C–N with tert-alkyl or cyclic N) is 1. The second-order valence-corrected chi connectivity index (χ2v) is 4.14. The maximum absolute atomic E-state index is 11.5. The van der Waals surface area contributed by atoms with Crippen LogP contribution < -0.4 is 5.32 Å². The maximum atomic E-state index is 11.5. The second kappa shape index (κ2) is 5.32. The third-order valence-corrected chi connectivity index (χ3v) is 2.41.